The van der Waals surface area contributed by atoms with Crippen LogP contribution in [-0.2, 0) is 14.3 Å². The van der Waals surface area contributed by atoms with Crippen LogP contribution in [0.25, 0.3) is 0 Å². The Labute approximate surface area is 528 Å². The summed E-state index contributed by atoms with van der Waals surface area (Å²) in [5.74, 6) is -0.177. The lowest BCUT2D eigenvalue weighted by molar-refractivity contribution is -0.302. The summed E-state index contributed by atoms with van der Waals surface area (Å²) in [6, 6.07) is -0.820. The van der Waals surface area contributed by atoms with Gasteiger partial charge in [-0.15, -0.1) is 0 Å². The summed E-state index contributed by atoms with van der Waals surface area (Å²) in [6.07, 6.45) is 80.4. The van der Waals surface area contributed by atoms with Gasteiger partial charge in [0.2, 0.25) is 5.91 Å². The molecular weight excluding hydrogens is 1050 g/mol. The first-order valence-electron chi connectivity index (χ1n) is 38.1. The van der Waals surface area contributed by atoms with Crippen LogP contribution < -0.4 is 5.32 Å². The van der Waals surface area contributed by atoms with Gasteiger partial charge in [-0.05, 0) is 32.1 Å². The smallest absolute Gasteiger partial charge is 0.220 e. The number of ether oxygens (including phenoxy) is 2. The van der Waals surface area contributed by atoms with Crippen LogP contribution in [0.1, 0.15) is 399 Å². The second-order valence-electron chi connectivity index (χ2n) is 26.8. The first-order valence-corrected chi connectivity index (χ1v) is 38.1. The highest BCUT2D eigenvalue weighted by atomic mass is 16.7. The number of nitrogens with one attached hydrogen (secondary N) is 1. The summed E-state index contributed by atoms with van der Waals surface area (Å²) < 4.78 is 11.3. The molecule has 0 aromatic heterocycles. The molecule has 1 amide bonds. The summed E-state index contributed by atoms with van der Waals surface area (Å²) in [5, 5.41) is 54.8. The van der Waals surface area contributed by atoms with Crippen molar-refractivity contribution in [2.45, 2.75) is 442 Å². The Kier molecular flexibility index (Phi) is 63.1. The number of hydrogen-bond donors (Lipinski definition) is 6. The molecule has 7 atom stereocenters. The molecular formula is C76H147NO8. The summed E-state index contributed by atoms with van der Waals surface area (Å²) in [7, 11) is 0. The largest absolute Gasteiger partial charge is 0.394 e. The van der Waals surface area contributed by atoms with Crippen LogP contribution in [-0.4, -0.2) is 87.5 Å². The average molecular weight is 1200 g/mol. The Morgan fingerprint density at radius 2 is 0.671 bits per heavy atom. The van der Waals surface area contributed by atoms with Gasteiger partial charge in [0.25, 0.3) is 0 Å². The maximum absolute atomic E-state index is 13.1. The van der Waals surface area contributed by atoms with Crippen molar-refractivity contribution in [2.75, 3.05) is 13.2 Å². The lowest BCUT2D eigenvalue weighted by atomic mass is 9.99. The minimum absolute atomic E-state index is 0.177. The highest BCUT2D eigenvalue weighted by Gasteiger charge is 2.44. The molecule has 9 nitrogen and oxygen atoms in total. The molecule has 7 unspecified atom stereocenters. The monoisotopic (exact) mass is 1200 g/mol. The van der Waals surface area contributed by atoms with E-state index >= 15 is 0 Å². The predicted octanol–water partition coefficient (Wildman–Crippen LogP) is 21.2. The summed E-state index contributed by atoms with van der Waals surface area (Å²) in [6.45, 7) is 3.83. The molecule has 0 radical (unpaired) electrons. The second-order valence-corrected chi connectivity index (χ2v) is 26.8. The second kappa shape index (κ2) is 65.6. The van der Waals surface area contributed by atoms with Crippen LogP contribution in [0.15, 0.2) is 24.3 Å². The Morgan fingerprint density at radius 1 is 0.388 bits per heavy atom. The third-order valence-corrected chi connectivity index (χ3v) is 18.5. The molecule has 1 aliphatic rings. The van der Waals surface area contributed by atoms with Gasteiger partial charge in [-0.2, -0.15) is 0 Å². The Bertz CT molecular complexity index is 1390. The lowest BCUT2D eigenvalue weighted by Gasteiger charge is -2.40. The summed E-state index contributed by atoms with van der Waals surface area (Å²) in [5.41, 5.74) is 0. The molecule has 1 rings (SSSR count). The van der Waals surface area contributed by atoms with E-state index in [1.807, 2.05) is 6.08 Å². The third kappa shape index (κ3) is 54.2. The minimum Gasteiger partial charge on any atom is -0.394 e. The van der Waals surface area contributed by atoms with Crippen molar-refractivity contribution in [1.82, 2.24) is 5.32 Å². The number of amides is 1. The zero-order valence-electron chi connectivity index (χ0n) is 56.7. The predicted molar refractivity (Wildman–Crippen MR) is 364 cm³/mol. The molecule has 0 spiro atoms. The van der Waals surface area contributed by atoms with E-state index in [1.54, 1.807) is 6.08 Å². The Balaban J connectivity index is 2.05. The fourth-order valence-electron chi connectivity index (χ4n) is 12.6. The number of rotatable bonds is 68. The van der Waals surface area contributed by atoms with Gasteiger partial charge in [0, 0.05) is 6.42 Å². The van der Waals surface area contributed by atoms with Crippen molar-refractivity contribution in [3.8, 4) is 0 Å². The quantitative estimate of drug-likeness (QED) is 0.0261. The maximum Gasteiger partial charge on any atom is 0.220 e. The van der Waals surface area contributed by atoms with E-state index in [0.29, 0.717) is 6.42 Å². The van der Waals surface area contributed by atoms with Gasteiger partial charge in [-0.1, -0.05) is 385 Å². The first-order chi connectivity index (χ1) is 41.8. The van der Waals surface area contributed by atoms with Crippen LogP contribution in [0.4, 0.5) is 0 Å². The van der Waals surface area contributed by atoms with E-state index < -0.39 is 49.5 Å². The van der Waals surface area contributed by atoms with Crippen molar-refractivity contribution < 1.29 is 39.8 Å². The molecule has 0 saturated carbocycles. The van der Waals surface area contributed by atoms with E-state index in [1.165, 1.54) is 340 Å². The van der Waals surface area contributed by atoms with Crippen LogP contribution in [0.2, 0.25) is 0 Å². The Morgan fingerprint density at radius 3 is 0.988 bits per heavy atom. The normalized spacial score (nSPS) is 18.1. The SMILES string of the molecule is CCCCCCCCCCCCCCCCCCC/C=C/CC/C=C/C(O)C(COC1OC(CO)C(O)C(O)C1O)NC(=O)CCCCCCCCCCCCCCCCCCCCCCCCCCCCCCCCCCCCCCCCC. The highest BCUT2D eigenvalue weighted by molar-refractivity contribution is 5.76. The lowest BCUT2D eigenvalue weighted by Crippen LogP contribution is -2.60. The van der Waals surface area contributed by atoms with E-state index in [4.69, 9.17) is 9.47 Å². The molecule has 0 aromatic carbocycles. The molecule has 0 bridgehead atoms. The fraction of sp³-hybridized carbons (Fsp3) is 0.934. The van der Waals surface area contributed by atoms with Gasteiger partial charge < -0.3 is 40.3 Å². The number of hydrogen-bond acceptors (Lipinski definition) is 8. The summed E-state index contributed by atoms with van der Waals surface area (Å²) in [4.78, 5) is 13.1. The van der Waals surface area contributed by atoms with Gasteiger partial charge in [0.1, 0.15) is 24.4 Å². The maximum atomic E-state index is 13.1. The molecule has 85 heavy (non-hydrogen) atoms. The third-order valence-electron chi connectivity index (χ3n) is 18.5. The highest BCUT2D eigenvalue weighted by Crippen LogP contribution is 2.24. The molecule has 0 aliphatic carbocycles. The average Bonchev–Trinajstić information content (AvgIpc) is 3.55. The zero-order chi connectivity index (χ0) is 61.4. The molecule has 1 saturated heterocycles. The molecule has 504 valence electrons. The van der Waals surface area contributed by atoms with Crippen LogP contribution in [0.3, 0.4) is 0 Å². The molecule has 9 heteroatoms. The van der Waals surface area contributed by atoms with E-state index in [0.717, 1.165) is 38.5 Å². The molecule has 1 fully saturated rings. The van der Waals surface area contributed by atoms with Gasteiger partial charge in [-0.25, -0.2) is 0 Å². The standard InChI is InChI=1S/C76H147NO8/c1-3-5-7-9-11-13-15-17-19-21-23-25-27-28-29-30-31-32-33-34-35-36-37-38-39-40-41-42-44-46-48-50-52-54-56-58-60-62-64-66-72(80)77-69(68-84-76-75(83)74(82)73(81)71(67-78)85-76)70(79)65-63-61-59-57-55-53-51-49-47-45-43-26-24-22-20-18-16-14-12-10-8-6-4-2/h55,57,63,65,69-71,73-76,78-79,81-83H,3-54,56,58-62,64,66-68H2,1-2H3,(H,77,80)/b57-55+,65-63+. The number of carbonyl (C=O) groups is 1. The van der Waals surface area contributed by atoms with Crippen LogP contribution in [0.5, 0.6) is 0 Å². The van der Waals surface area contributed by atoms with E-state index in [9.17, 15) is 30.3 Å². The van der Waals surface area contributed by atoms with Gasteiger partial charge >= 0.3 is 0 Å². The number of aliphatic hydroxyl groups excluding tert-OH is 5. The van der Waals surface area contributed by atoms with E-state index in [-0.39, 0.29) is 12.5 Å². The molecule has 1 aliphatic heterocycles. The first kappa shape index (κ1) is 81.7. The van der Waals surface area contributed by atoms with Crippen LogP contribution in [0, 0.1) is 0 Å². The molecule has 1 heterocycles. The van der Waals surface area contributed by atoms with Gasteiger partial charge in [0.15, 0.2) is 6.29 Å². The Hall–Kier alpha value is -1.33. The van der Waals surface area contributed by atoms with Crippen molar-refractivity contribution in [3.05, 3.63) is 24.3 Å². The van der Waals surface area contributed by atoms with Crippen molar-refractivity contribution >= 4 is 5.91 Å². The zero-order valence-corrected chi connectivity index (χ0v) is 56.7. The van der Waals surface area contributed by atoms with Gasteiger partial charge in [0.05, 0.1) is 25.4 Å². The number of carbonyl (C=O) groups excluding carboxylic acids is 1. The number of aliphatic hydroxyl groups is 5. The fourth-order valence-corrected chi connectivity index (χ4v) is 12.6. The minimum atomic E-state index is -1.57. The topological polar surface area (TPSA) is 149 Å². The number of allylic oxidation sites excluding steroid dienone is 3. The van der Waals surface area contributed by atoms with Crippen molar-refractivity contribution in [1.29, 1.82) is 0 Å². The molecule has 0 aromatic rings. The number of unbranched alkanes of at least 4 members (excludes halogenated alkanes) is 56. The molecule has 6 N–H and O–H groups in total. The van der Waals surface area contributed by atoms with E-state index in [2.05, 4.69) is 31.3 Å². The van der Waals surface area contributed by atoms with Gasteiger partial charge in [-0.3, -0.25) is 4.79 Å². The van der Waals surface area contributed by atoms with Crippen molar-refractivity contribution in [3.63, 3.8) is 0 Å². The van der Waals surface area contributed by atoms with Crippen LogP contribution >= 0.6 is 0 Å². The van der Waals surface area contributed by atoms with Crippen molar-refractivity contribution in [2.24, 2.45) is 0 Å². The summed E-state index contributed by atoms with van der Waals surface area (Å²) >= 11 is 0.